The van der Waals surface area contributed by atoms with Crippen molar-refractivity contribution in [1.29, 1.82) is 0 Å². The van der Waals surface area contributed by atoms with Gasteiger partial charge in [0, 0.05) is 0 Å². The molecule has 0 spiro atoms. The molecule has 6 heteroatoms. The number of aliphatic hydroxyl groups is 3. The molecule has 0 aromatic carbocycles. The van der Waals surface area contributed by atoms with Crippen molar-refractivity contribution in [3.63, 3.8) is 0 Å². The highest BCUT2D eigenvalue weighted by atomic mass is 16.4. The number of aliphatic hydroxyl groups excluding tert-OH is 3. The first-order chi connectivity index (χ1) is 5.37. The zero-order valence-electron chi connectivity index (χ0n) is 6.30. The van der Waals surface area contributed by atoms with Gasteiger partial charge in [-0.15, -0.1) is 0 Å². The van der Waals surface area contributed by atoms with Crippen molar-refractivity contribution < 1.29 is 30.0 Å². The summed E-state index contributed by atoms with van der Waals surface area (Å²) < 4.78 is 0. The second kappa shape index (κ2) is 4.15. The van der Waals surface area contributed by atoms with Crippen LogP contribution in [0.3, 0.4) is 0 Å². The fraction of sp³-hybridized carbons (Fsp3) is 0.667. The molecule has 0 bridgehead atoms. The molecule has 0 aliphatic rings. The Morgan fingerprint density at radius 3 is 1.92 bits per heavy atom. The van der Waals surface area contributed by atoms with Gasteiger partial charge in [0.1, 0.15) is 18.2 Å². The summed E-state index contributed by atoms with van der Waals surface area (Å²) in [4.78, 5) is 20.3. The lowest BCUT2D eigenvalue weighted by Gasteiger charge is -2.18. The minimum absolute atomic E-state index is 1.11. The van der Waals surface area contributed by atoms with E-state index >= 15 is 0 Å². The van der Waals surface area contributed by atoms with Gasteiger partial charge in [0.2, 0.25) is 5.78 Å². The molecule has 0 fully saturated rings. The first kappa shape index (κ1) is 11.0. The maximum Gasteiger partial charge on any atom is 0.209 e. The molecule has 6 nitrogen and oxygen atoms in total. The molecule has 0 saturated heterocycles. The SMILES string of the molecule is C[C@@H](O)[C@@H](O)[C@H](O)C(=O)C(=O)[O-]. The van der Waals surface area contributed by atoms with Gasteiger partial charge in [0.25, 0.3) is 0 Å². The summed E-state index contributed by atoms with van der Waals surface area (Å²) >= 11 is 0. The first-order valence-corrected chi connectivity index (χ1v) is 3.17. The van der Waals surface area contributed by atoms with Crippen LogP contribution in [0.2, 0.25) is 0 Å². The summed E-state index contributed by atoms with van der Waals surface area (Å²) in [5.41, 5.74) is 0. The number of hydrogen-bond donors (Lipinski definition) is 3. The number of ketones is 1. The van der Waals surface area contributed by atoms with Gasteiger partial charge in [-0.25, -0.2) is 0 Å². The van der Waals surface area contributed by atoms with Crippen LogP contribution in [0.4, 0.5) is 0 Å². The van der Waals surface area contributed by atoms with Gasteiger partial charge in [0.15, 0.2) is 0 Å². The minimum atomic E-state index is -2.14. The van der Waals surface area contributed by atoms with Crippen LogP contribution in [0, 0.1) is 0 Å². The molecule has 0 aliphatic heterocycles. The molecule has 0 aromatic heterocycles. The Labute approximate surface area is 68.1 Å². The van der Waals surface area contributed by atoms with Gasteiger partial charge in [-0.3, -0.25) is 4.79 Å². The van der Waals surface area contributed by atoms with Crippen molar-refractivity contribution in [2.45, 2.75) is 25.2 Å². The zero-order valence-corrected chi connectivity index (χ0v) is 6.30. The second-order valence-corrected chi connectivity index (χ2v) is 2.33. The van der Waals surface area contributed by atoms with E-state index in [1.165, 1.54) is 0 Å². The number of aliphatic carboxylic acids is 1. The van der Waals surface area contributed by atoms with E-state index in [2.05, 4.69) is 0 Å². The van der Waals surface area contributed by atoms with Crippen LogP contribution in [0.1, 0.15) is 6.92 Å². The predicted octanol–water partition coefficient (Wildman–Crippen LogP) is -3.59. The second-order valence-electron chi connectivity index (χ2n) is 2.33. The molecule has 3 atom stereocenters. The molecule has 0 amide bonds. The number of rotatable bonds is 4. The molecule has 0 aromatic rings. The zero-order chi connectivity index (χ0) is 9.89. The average Bonchev–Trinajstić information content (AvgIpc) is 2.00. The van der Waals surface area contributed by atoms with Crippen LogP contribution in [-0.4, -0.2) is 45.4 Å². The lowest BCUT2D eigenvalue weighted by molar-refractivity contribution is -0.301. The first-order valence-electron chi connectivity index (χ1n) is 3.17. The number of carboxylic acid groups (broad SMARTS) is 1. The van der Waals surface area contributed by atoms with Crippen LogP contribution in [-0.2, 0) is 9.59 Å². The molecule has 12 heavy (non-hydrogen) atoms. The Bertz CT molecular complexity index is 186. The molecule has 3 N–H and O–H groups in total. The highest BCUT2D eigenvalue weighted by Crippen LogP contribution is 2.00. The standard InChI is InChI=1S/C6H10O6/c1-2(7)3(8)4(9)5(10)6(11)12/h2-4,7-9H,1H3,(H,11,12)/p-1/t2-,3-,4+/m1/s1. The van der Waals surface area contributed by atoms with E-state index < -0.39 is 30.1 Å². The van der Waals surface area contributed by atoms with Gasteiger partial charge in [-0.2, -0.15) is 0 Å². The third kappa shape index (κ3) is 2.57. The molecule has 0 rings (SSSR count). The summed E-state index contributed by atoms with van der Waals surface area (Å²) in [6, 6.07) is 0. The van der Waals surface area contributed by atoms with Gasteiger partial charge in [-0.1, -0.05) is 0 Å². The van der Waals surface area contributed by atoms with E-state index in [1.54, 1.807) is 0 Å². The summed E-state index contributed by atoms with van der Waals surface area (Å²) in [6.07, 6.45) is -5.34. The average molecular weight is 177 g/mol. The number of hydrogen-bond acceptors (Lipinski definition) is 6. The van der Waals surface area contributed by atoms with E-state index in [9.17, 15) is 14.7 Å². The molecule has 0 aliphatic carbocycles. The van der Waals surface area contributed by atoms with Crippen molar-refractivity contribution in [3.8, 4) is 0 Å². The van der Waals surface area contributed by atoms with E-state index in [4.69, 9.17) is 15.3 Å². The molecule has 0 heterocycles. The Morgan fingerprint density at radius 2 is 1.67 bits per heavy atom. The number of carbonyl (C=O) groups excluding carboxylic acids is 2. The minimum Gasteiger partial charge on any atom is -0.542 e. The van der Waals surface area contributed by atoms with Gasteiger partial charge >= 0.3 is 0 Å². The maximum absolute atomic E-state index is 10.4. The predicted molar refractivity (Wildman–Crippen MR) is 33.7 cm³/mol. The largest absolute Gasteiger partial charge is 0.542 e. The smallest absolute Gasteiger partial charge is 0.209 e. The molecule has 0 saturated carbocycles. The molecule has 70 valence electrons. The topological polar surface area (TPSA) is 118 Å². The monoisotopic (exact) mass is 177 g/mol. The summed E-state index contributed by atoms with van der Waals surface area (Å²) in [5.74, 6) is -3.74. The van der Waals surface area contributed by atoms with Crippen LogP contribution >= 0.6 is 0 Å². The Balaban J connectivity index is 4.29. The van der Waals surface area contributed by atoms with E-state index in [0.717, 1.165) is 6.92 Å². The van der Waals surface area contributed by atoms with Crippen LogP contribution in [0.25, 0.3) is 0 Å². The van der Waals surface area contributed by atoms with Crippen molar-refractivity contribution in [3.05, 3.63) is 0 Å². The quantitative estimate of drug-likeness (QED) is 0.382. The molecular formula is C6H9O6-. The normalized spacial score (nSPS) is 18.0. The summed E-state index contributed by atoms with van der Waals surface area (Å²) in [5, 5.41) is 36.0. The lowest BCUT2D eigenvalue weighted by atomic mass is 10.1. The number of Topliss-reactive ketones (excluding diaryl/α,β-unsaturated/α-hetero) is 1. The van der Waals surface area contributed by atoms with Crippen molar-refractivity contribution >= 4 is 11.8 Å². The summed E-state index contributed by atoms with van der Waals surface area (Å²) in [7, 11) is 0. The Kier molecular flexibility index (Phi) is 3.81. The van der Waals surface area contributed by atoms with Crippen LogP contribution in [0.5, 0.6) is 0 Å². The Morgan fingerprint density at radius 1 is 1.25 bits per heavy atom. The van der Waals surface area contributed by atoms with E-state index in [-0.39, 0.29) is 0 Å². The number of carbonyl (C=O) groups is 2. The van der Waals surface area contributed by atoms with Crippen molar-refractivity contribution in [2.24, 2.45) is 0 Å². The third-order valence-electron chi connectivity index (χ3n) is 1.29. The summed E-state index contributed by atoms with van der Waals surface area (Å²) in [6.45, 7) is 1.11. The van der Waals surface area contributed by atoms with Gasteiger partial charge in [-0.05, 0) is 6.92 Å². The lowest BCUT2D eigenvalue weighted by Crippen LogP contribution is -2.48. The highest BCUT2D eigenvalue weighted by Gasteiger charge is 2.28. The highest BCUT2D eigenvalue weighted by molar-refractivity contribution is 6.33. The number of carboxylic acids is 1. The fourth-order valence-corrected chi connectivity index (χ4v) is 0.540. The van der Waals surface area contributed by atoms with Crippen LogP contribution < -0.4 is 5.11 Å². The van der Waals surface area contributed by atoms with Crippen molar-refractivity contribution in [2.75, 3.05) is 0 Å². The van der Waals surface area contributed by atoms with E-state index in [0.29, 0.717) is 0 Å². The van der Waals surface area contributed by atoms with Gasteiger partial charge < -0.3 is 25.2 Å². The molecule has 0 radical (unpaired) electrons. The third-order valence-corrected chi connectivity index (χ3v) is 1.29. The van der Waals surface area contributed by atoms with Crippen molar-refractivity contribution in [1.82, 2.24) is 0 Å². The Hall–Kier alpha value is -0.980. The fourth-order valence-electron chi connectivity index (χ4n) is 0.540. The molecular weight excluding hydrogens is 168 g/mol. The van der Waals surface area contributed by atoms with Gasteiger partial charge in [0.05, 0.1) is 6.10 Å². The van der Waals surface area contributed by atoms with Crippen LogP contribution in [0.15, 0.2) is 0 Å². The molecule has 0 unspecified atom stereocenters. The maximum atomic E-state index is 10.4. The van der Waals surface area contributed by atoms with E-state index in [1.807, 2.05) is 0 Å².